The molecule has 0 aromatic heterocycles. The molecular weight excluding hydrogens is 534 g/mol. The van der Waals surface area contributed by atoms with Crippen molar-refractivity contribution in [3.05, 3.63) is 58.1 Å². The molecule has 2 aromatic rings. The lowest BCUT2D eigenvalue weighted by Gasteiger charge is -2.26. The van der Waals surface area contributed by atoms with Gasteiger partial charge in [0.25, 0.3) is 5.91 Å². The molecule has 0 fully saturated rings. The Hall–Kier alpha value is -2.87. The molecule has 1 heterocycles. The van der Waals surface area contributed by atoms with Gasteiger partial charge >= 0.3 is 0 Å². The number of nitrogens with zero attached hydrogens (tertiary/aromatic N) is 1. The van der Waals surface area contributed by atoms with E-state index in [9.17, 15) is 9.59 Å². The van der Waals surface area contributed by atoms with Crippen LogP contribution in [0.3, 0.4) is 0 Å². The Kier molecular flexibility index (Phi) is 9.58. The van der Waals surface area contributed by atoms with Gasteiger partial charge in [-0.25, -0.2) is 0 Å². The largest absolute Gasteiger partial charge is 0.493 e. The van der Waals surface area contributed by atoms with Crippen LogP contribution in [0.25, 0.3) is 0 Å². The fourth-order valence-electron chi connectivity index (χ4n) is 4.12. The molecule has 2 aromatic carbocycles. The third kappa shape index (κ3) is 7.12. The highest BCUT2D eigenvalue weighted by molar-refractivity contribution is 8.93. The van der Waals surface area contributed by atoms with Gasteiger partial charge < -0.3 is 19.7 Å². The van der Waals surface area contributed by atoms with E-state index in [-0.39, 0.29) is 51.9 Å². The Morgan fingerprint density at radius 1 is 1.03 bits per heavy atom. The zero-order valence-corrected chi connectivity index (χ0v) is 24.9. The number of benzene rings is 2. The molecule has 0 atom stereocenters. The molecule has 0 saturated heterocycles. The summed E-state index contributed by atoms with van der Waals surface area (Å²) < 4.78 is 11.8. The van der Waals surface area contributed by atoms with Crippen LogP contribution in [0, 0.1) is 10.8 Å². The molecule has 0 aliphatic carbocycles. The van der Waals surface area contributed by atoms with Crippen molar-refractivity contribution >= 4 is 34.5 Å². The topological polar surface area (TPSA) is 91.7 Å². The SMILES string of the molecule is Br.CCOc1cc2c(cc1C(=O)NC)C(=N)N(CC(=O)c1ccc(OCC(C)(C)C)c(C(C)(C)C)c1)C2. The average molecular weight is 575 g/mol. The fourth-order valence-corrected chi connectivity index (χ4v) is 4.12. The highest BCUT2D eigenvalue weighted by Gasteiger charge is 2.30. The number of carbonyl (C=O) groups is 2. The minimum absolute atomic E-state index is 0. The number of hydrogen-bond donors (Lipinski definition) is 2. The summed E-state index contributed by atoms with van der Waals surface area (Å²) in [6.07, 6.45) is 0. The molecule has 8 heteroatoms. The lowest BCUT2D eigenvalue weighted by Crippen LogP contribution is -2.30. The van der Waals surface area contributed by atoms with Gasteiger partial charge in [-0.15, -0.1) is 17.0 Å². The van der Waals surface area contributed by atoms with Gasteiger partial charge in [-0.05, 0) is 53.6 Å². The number of hydrogen-bond acceptors (Lipinski definition) is 5. The molecule has 0 saturated carbocycles. The van der Waals surface area contributed by atoms with Crippen molar-refractivity contribution in [2.24, 2.45) is 5.41 Å². The number of ketones is 1. The third-order valence-electron chi connectivity index (χ3n) is 6.01. The predicted octanol–water partition coefficient (Wildman–Crippen LogP) is 5.77. The Bertz CT molecular complexity index is 1180. The second-order valence-electron chi connectivity index (χ2n) is 11.5. The first-order valence-corrected chi connectivity index (χ1v) is 12.4. The normalized spacial score (nSPS) is 13.1. The van der Waals surface area contributed by atoms with E-state index < -0.39 is 0 Å². The maximum Gasteiger partial charge on any atom is 0.254 e. The van der Waals surface area contributed by atoms with Crippen LogP contribution in [0.1, 0.15) is 85.9 Å². The Labute approximate surface area is 231 Å². The summed E-state index contributed by atoms with van der Waals surface area (Å²) in [5.74, 6) is 1.16. The quantitative estimate of drug-likeness (QED) is 0.391. The molecule has 0 radical (unpaired) electrons. The van der Waals surface area contributed by atoms with E-state index in [0.29, 0.717) is 42.2 Å². The molecule has 0 spiro atoms. The van der Waals surface area contributed by atoms with Crippen molar-refractivity contribution in [3.8, 4) is 11.5 Å². The minimum atomic E-state index is -0.271. The summed E-state index contributed by atoms with van der Waals surface area (Å²) >= 11 is 0. The number of carbonyl (C=O) groups excluding carboxylic acids is 2. The molecule has 1 amide bonds. The van der Waals surface area contributed by atoms with Crippen molar-refractivity contribution in [3.63, 3.8) is 0 Å². The van der Waals surface area contributed by atoms with Crippen LogP contribution in [0.2, 0.25) is 0 Å². The number of Topliss-reactive ketones (excluding diaryl/α,β-unsaturated/α-hetero) is 1. The van der Waals surface area contributed by atoms with Gasteiger partial charge in [-0.1, -0.05) is 41.5 Å². The average Bonchev–Trinajstić information content (AvgIpc) is 3.09. The summed E-state index contributed by atoms with van der Waals surface area (Å²) in [5, 5.41) is 11.3. The summed E-state index contributed by atoms with van der Waals surface area (Å²) in [6.45, 7) is 16.0. The highest BCUT2D eigenvalue weighted by atomic mass is 79.9. The first-order valence-electron chi connectivity index (χ1n) is 12.4. The number of amidine groups is 1. The molecule has 0 unspecified atom stereocenters. The zero-order valence-electron chi connectivity index (χ0n) is 23.2. The van der Waals surface area contributed by atoms with Gasteiger partial charge in [0.2, 0.25) is 0 Å². The van der Waals surface area contributed by atoms with E-state index in [2.05, 4.69) is 46.9 Å². The zero-order chi connectivity index (χ0) is 26.8. The summed E-state index contributed by atoms with van der Waals surface area (Å²) in [5.41, 5.74) is 3.29. The van der Waals surface area contributed by atoms with Crippen molar-refractivity contribution in [2.45, 2.75) is 60.4 Å². The van der Waals surface area contributed by atoms with Gasteiger partial charge in [0.05, 0.1) is 25.3 Å². The van der Waals surface area contributed by atoms with Crippen molar-refractivity contribution in [2.75, 3.05) is 26.8 Å². The maximum absolute atomic E-state index is 13.3. The molecule has 202 valence electrons. The predicted molar refractivity (Wildman–Crippen MR) is 153 cm³/mol. The summed E-state index contributed by atoms with van der Waals surface area (Å²) in [4.78, 5) is 27.4. The van der Waals surface area contributed by atoms with Gasteiger partial charge in [0.1, 0.15) is 17.3 Å². The smallest absolute Gasteiger partial charge is 0.254 e. The van der Waals surface area contributed by atoms with Gasteiger partial charge in [0, 0.05) is 30.3 Å². The second kappa shape index (κ2) is 11.7. The third-order valence-corrected chi connectivity index (χ3v) is 6.01. The highest BCUT2D eigenvalue weighted by Crippen LogP contribution is 2.34. The van der Waals surface area contributed by atoms with Crippen molar-refractivity contribution in [1.29, 1.82) is 5.41 Å². The van der Waals surface area contributed by atoms with Crippen LogP contribution in [-0.2, 0) is 12.0 Å². The summed E-state index contributed by atoms with van der Waals surface area (Å²) in [6, 6.07) is 9.10. The lowest BCUT2D eigenvalue weighted by atomic mass is 9.85. The molecular formula is C29H40BrN3O4. The monoisotopic (exact) mass is 573 g/mol. The number of ether oxygens (including phenoxy) is 2. The van der Waals surface area contributed by atoms with Crippen LogP contribution >= 0.6 is 17.0 Å². The van der Waals surface area contributed by atoms with Gasteiger partial charge in [-0.2, -0.15) is 0 Å². The van der Waals surface area contributed by atoms with Crippen molar-refractivity contribution < 1.29 is 19.1 Å². The molecule has 1 aliphatic heterocycles. The van der Waals surface area contributed by atoms with E-state index >= 15 is 0 Å². The lowest BCUT2D eigenvalue weighted by molar-refractivity contribution is 0.0953. The minimum Gasteiger partial charge on any atom is -0.493 e. The van der Waals surface area contributed by atoms with Crippen LogP contribution in [0.5, 0.6) is 11.5 Å². The van der Waals surface area contributed by atoms with Gasteiger partial charge in [0.15, 0.2) is 5.78 Å². The van der Waals surface area contributed by atoms with E-state index in [1.807, 2.05) is 25.1 Å². The van der Waals surface area contributed by atoms with Gasteiger partial charge in [-0.3, -0.25) is 15.0 Å². The molecule has 1 aliphatic rings. The first kappa shape index (κ1) is 30.4. The number of nitrogens with one attached hydrogen (secondary N) is 2. The van der Waals surface area contributed by atoms with Crippen LogP contribution in [0.4, 0.5) is 0 Å². The second-order valence-corrected chi connectivity index (χ2v) is 11.5. The number of amides is 1. The van der Waals surface area contributed by atoms with E-state index in [4.69, 9.17) is 14.9 Å². The Morgan fingerprint density at radius 3 is 2.27 bits per heavy atom. The molecule has 7 nitrogen and oxygen atoms in total. The maximum atomic E-state index is 13.3. The number of rotatable bonds is 8. The molecule has 3 rings (SSSR count). The van der Waals surface area contributed by atoms with E-state index in [0.717, 1.165) is 16.9 Å². The Morgan fingerprint density at radius 2 is 1.70 bits per heavy atom. The Balaban J connectivity index is 0.00000481. The van der Waals surface area contributed by atoms with Crippen LogP contribution in [-0.4, -0.2) is 49.2 Å². The fraction of sp³-hybridized carbons (Fsp3) is 0.483. The number of fused-ring (bicyclic) bond motifs is 1. The van der Waals surface area contributed by atoms with Crippen molar-refractivity contribution in [1.82, 2.24) is 10.2 Å². The van der Waals surface area contributed by atoms with Crippen LogP contribution in [0.15, 0.2) is 30.3 Å². The molecule has 37 heavy (non-hydrogen) atoms. The standard InChI is InChI=1S/C29H39N3O4.BrH/c1-9-35-25-13-19-15-32(26(30)20(19)14-21(25)27(34)31-8)16-23(33)18-10-11-24(36-17-28(2,3)4)22(12-18)29(5,6)7;/h10-14,30H,9,15-17H2,1-8H3,(H,31,34);1H. The molecule has 0 bridgehead atoms. The summed E-state index contributed by atoms with van der Waals surface area (Å²) in [7, 11) is 1.56. The van der Waals surface area contributed by atoms with Crippen LogP contribution < -0.4 is 14.8 Å². The number of halogens is 1. The molecule has 2 N–H and O–H groups in total. The van der Waals surface area contributed by atoms with E-state index in [1.165, 1.54) is 0 Å². The van der Waals surface area contributed by atoms with E-state index in [1.54, 1.807) is 24.1 Å². The first-order chi connectivity index (χ1) is 16.7.